The Morgan fingerprint density at radius 1 is 1.11 bits per heavy atom. The van der Waals surface area contributed by atoms with E-state index in [0.29, 0.717) is 43.6 Å². The van der Waals surface area contributed by atoms with Gasteiger partial charge in [0.05, 0.1) is 18.4 Å². The smallest absolute Gasteiger partial charge is 0.255 e. The summed E-state index contributed by atoms with van der Waals surface area (Å²) in [5, 5.41) is 0. The van der Waals surface area contributed by atoms with Crippen molar-refractivity contribution >= 4 is 17.1 Å². The van der Waals surface area contributed by atoms with Crippen LogP contribution in [-0.4, -0.2) is 44.4 Å². The van der Waals surface area contributed by atoms with E-state index in [0.717, 1.165) is 11.2 Å². The van der Waals surface area contributed by atoms with Gasteiger partial charge in [-0.2, -0.15) is 0 Å². The van der Waals surface area contributed by atoms with Crippen LogP contribution in [0.3, 0.4) is 0 Å². The van der Waals surface area contributed by atoms with Crippen LogP contribution in [0.4, 0.5) is 8.78 Å². The lowest BCUT2D eigenvalue weighted by molar-refractivity contribution is 0.0284. The number of likely N-dealkylation sites (tertiary alicyclic amines) is 1. The van der Waals surface area contributed by atoms with Gasteiger partial charge in [-0.1, -0.05) is 30.3 Å². The van der Waals surface area contributed by atoms with Crippen molar-refractivity contribution in [2.45, 2.75) is 31.7 Å². The molecule has 5 rings (SSSR count). The van der Waals surface area contributed by atoms with Gasteiger partial charge < -0.3 is 9.47 Å². The third-order valence-corrected chi connectivity index (χ3v) is 6.12. The van der Waals surface area contributed by atoms with Crippen LogP contribution in [0.1, 0.15) is 35.2 Å². The maximum Gasteiger partial charge on any atom is 0.255 e. The highest BCUT2D eigenvalue weighted by Crippen LogP contribution is 2.65. The first-order valence-corrected chi connectivity index (χ1v) is 9.49. The third-order valence-electron chi connectivity index (χ3n) is 6.12. The standard InChI is InChI=1S/C21H20F2N4O/c22-21(23)13-20(21)6-8-26(9-7-20)19(28)16-10-17-18(24-11-16)27(14-25-17)12-15-4-2-1-3-5-15/h1-5,10-11,14H,6-9,12-13H2. The van der Waals surface area contributed by atoms with E-state index >= 15 is 0 Å². The largest absolute Gasteiger partial charge is 0.339 e. The quantitative estimate of drug-likeness (QED) is 0.693. The molecule has 1 saturated heterocycles. The highest BCUT2D eigenvalue weighted by atomic mass is 19.3. The maximum atomic E-state index is 13.5. The summed E-state index contributed by atoms with van der Waals surface area (Å²) in [4.78, 5) is 23.3. The Balaban J connectivity index is 1.32. The number of imidazole rings is 1. The van der Waals surface area contributed by atoms with Crippen LogP contribution in [0, 0.1) is 5.41 Å². The summed E-state index contributed by atoms with van der Waals surface area (Å²) >= 11 is 0. The van der Waals surface area contributed by atoms with Crippen molar-refractivity contribution in [3.63, 3.8) is 0 Å². The number of alkyl halides is 2. The molecule has 1 amide bonds. The number of nitrogens with zero attached hydrogens (tertiary/aromatic N) is 4. The Morgan fingerprint density at radius 3 is 2.50 bits per heavy atom. The highest BCUT2D eigenvalue weighted by molar-refractivity contribution is 5.96. The number of fused-ring (bicyclic) bond motifs is 1. The van der Waals surface area contributed by atoms with Crippen LogP contribution < -0.4 is 0 Å². The molecule has 3 aromatic rings. The Hall–Kier alpha value is -2.83. The molecule has 7 heteroatoms. The molecule has 144 valence electrons. The molecule has 1 saturated carbocycles. The predicted octanol–water partition coefficient (Wildman–Crippen LogP) is 3.74. The Kier molecular flexibility index (Phi) is 3.76. The number of benzene rings is 1. The van der Waals surface area contributed by atoms with Crippen LogP contribution in [0.15, 0.2) is 48.9 Å². The van der Waals surface area contributed by atoms with E-state index in [9.17, 15) is 13.6 Å². The number of amides is 1. The summed E-state index contributed by atoms with van der Waals surface area (Å²) in [5.41, 5.74) is 2.11. The third kappa shape index (κ3) is 2.77. The minimum absolute atomic E-state index is 0.0333. The van der Waals surface area contributed by atoms with Crippen LogP contribution in [0.5, 0.6) is 0 Å². The molecule has 2 fully saturated rings. The average molecular weight is 382 g/mol. The molecule has 0 unspecified atom stereocenters. The first-order valence-electron chi connectivity index (χ1n) is 9.49. The minimum atomic E-state index is -2.55. The summed E-state index contributed by atoms with van der Waals surface area (Å²) < 4.78 is 29.0. The lowest BCUT2D eigenvalue weighted by Crippen LogP contribution is -2.40. The molecule has 1 spiro atoms. The number of rotatable bonds is 3. The Labute approximate surface area is 161 Å². The molecule has 0 atom stereocenters. The molecule has 28 heavy (non-hydrogen) atoms. The van der Waals surface area contributed by atoms with Crippen LogP contribution in [0.2, 0.25) is 0 Å². The summed E-state index contributed by atoms with van der Waals surface area (Å²) in [5.74, 6) is -2.71. The van der Waals surface area contributed by atoms with E-state index in [-0.39, 0.29) is 12.3 Å². The molecule has 2 aromatic heterocycles. The maximum absolute atomic E-state index is 13.5. The average Bonchev–Trinajstić information content (AvgIpc) is 3.03. The van der Waals surface area contributed by atoms with Gasteiger partial charge in [0.2, 0.25) is 0 Å². The molecule has 1 aliphatic carbocycles. The number of carbonyl (C=O) groups is 1. The van der Waals surface area contributed by atoms with Crippen molar-refractivity contribution in [2.75, 3.05) is 13.1 Å². The van der Waals surface area contributed by atoms with Crippen molar-refractivity contribution in [1.82, 2.24) is 19.4 Å². The van der Waals surface area contributed by atoms with Crippen molar-refractivity contribution in [1.29, 1.82) is 0 Å². The van der Waals surface area contributed by atoms with E-state index in [4.69, 9.17) is 0 Å². The SMILES string of the molecule is O=C(c1cnc2c(c1)ncn2Cc1ccccc1)N1CCC2(CC1)CC2(F)F. The van der Waals surface area contributed by atoms with Gasteiger partial charge in [-0.3, -0.25) is 4.79 Å². The number of hydrogen-bond donors (Lipinski definition) is 0. The van der Waals surface area contributed by atoms with Crippen molar-refractivity contribution in [3.8, 4) is 0 Å². The fraction of sp³-hybridized carbons (Fsp3) is 0.381. The summed E-state index contributed by atoms with van der Waals surface area (Å²) in [6.07, 6.45) is 3.98. The number of pyridine rings is 1. The van der Waals surface area contributed by atoms with Crippen molar-refractivity contribution in [2.24, 2.45) is 5.41 Å². The number of carbonyl (C=O) groups excluding carboxylic acids is 1. The molecular weight excluding hydrogens is 362 g/mol. The molecule has 3 heterocycles. The number of aromatic nitrogens is 3. The molecule has 1 aliphatic heterocycles. The van der Waals surface area contributed by atoms with Gasteiger partial charge in [-0.25, -0.2) is 18.7 Å². The van der Waals surface area contributed by atoms with Crippen LogP contribution >= 0.6 is 0 Å². The second-order valence-corrected chi connectivity index (χ2v) is 7.88. The first kappa shape index (κ1) is 17.3. The fourth-order valence-electron chi connectivity index (χ4n) is 4.21. The zero-order chi connectivity index (χ0) is 19.4. The van der Waals surface area contributed by atoms with Crippen molar-refractivity contribution in [3.05, 3.63) is 60.0 Å². The molecule has 0 radical (unpaired) electrons. The second kappa shape index (κ2) is 6.09. The van der Waals surface area contributed by atoms with Gasteiger partial charge in [-0.15, -0.1) is 0 Å². The fourth-order valence-corrected chi connectivity index (χ4v) is 4.21. The van der Waals surface area contributed by atoms with E-state index < -0.39 is 11.3 Å². The zero-order valence-electron chi connectivity index (χ0n) is 15.3. The monoisotopic (exact) mass is 382 g/mol. The summed E-state index contributed by atoms with van der Waals surface area (Å²) in [6.45, 7) is 1.39. The molecule has 2 aliphatic rings. The van der Waals surface area contributed by atoms with Gasteiger partial charge in [0.1, 0.15) is 5.52 Å². The molecule has 1 aromatic carbocycles. The number of halogens is 2. The van der Waals surface area contributed by atoms with Gasteiger partial charge in [-0.05, 0) is 24.5 Å². The minimum Gasteiger partial charge on any atom is -0.339 e. The number of hydrogen-bond acceptors (Lipinski definition) is 3. The summed E-state index contributed by atoms with van der Waals surface area (Å²) in [7, 11) is 0. The molecule has 0 bridgehead atoms. The van der Waals surface area contributed by atoms with E-state index in [1.54, 1.807) is 23.5 Å². The topological polar surface area (TPSA) is 51.0 Å². The lowest BCUT2D eigenvalue weighted by Gasteiger charge is -2.32. The van der Waals surface area contributed by atoms with E-state index in [2.05, 4.69) is 9.97 Å². The van der Waals surface area contributed by atoms with E-state index in [1.165, 1.54) is 0 Å². The van der Waals surface area contributed by atoms with Gasteiger partial charge in [0.25, 0.3) is 11.8 Å². The Morgan fingerprint density at radius 2 is 1.82 bits per heavy atom. The van der Waals surface area contributed by atoms with Crippen molar-refractivity contribution < 1.29 is 13.6 Å². The number of piperidine rings is 1. The predicted molar refractivity (Wildman–Crippen MR) is 100 cm³/mol. The molecule has 0 N–H and O–H groups in total. The first-order chi connectivity index (χ1) is 13.5. The van der Waals surface area contributed by atoms with Crippen LogP contribution in [-0.2, 0) is 6.54 Å². The van der Waals surface area contributed by atoms with Gasteiger partial charge in [0, 0.05) is 31.1 Å². The zero-order valence-corrected chi connectivity index (χ0v) is 15.3. The second-order valence-electron chi connectivity index (χ2n) is 7.88. The van der Waals surface area contributed by atoms with Crippen LogP contribution in [0.25, 0.3) is 11.2 Å². The highest BCUT2D eigenvalue weighted by Gasteiger charge is 2.70. The van der Waals surface area contributed by atoms with E-state index in [1.807, 2.05) is 34.9 Å². The molecular formula is C21H20F2N4O. The van der Waals surface area contributed by atoms with Gasteiger partial charge >= 0.3 is 0 Å². The molecule has 5 nitrogen and oxygen atoms in total. The Bertz CT molecular complexity index is 1040. The lowest BCUT2D eigenvalue weighted by atomic mass is 9.92. The normalized spacial score (nSPS) is 19.9. The summed E-state index contributed by atoms with van der Waals surface area (Å²) in [6, 6.07) is 11.8. The van der Waals surface area contributed by atoms with Gasteiger partial charge in [0.15, 0.2) is 5.65 Å².